The van der Waals surface area contributed by atoms with Gasteiger partial charge in [0.1, 0.15) is 11.5 Å². The van der Waals surface area contributed by atoms with Gasteiger partial charge < -0.3 is 14.2 Å². The molecule has 3 heteroatoms. The number of rotatable bonds is 5. The van der Waals surface area contributed by atoms with E-state index in [1.807, 2.05) is 0 Å². The molecule has 2 heterocycles. The largest absolute Gasteiger partial charge is 0.457 e. The van der Waals surface area contributed by atoms with Crippen molar-refractivity contribution < 1.29 is 4.74 Å². The van der Waals surface area contributed by atoms with Gasteiger partial charge >= 0.3 is 0 Å². The Morgan fingerprint density at radius 2 is 0.940 bits per heavy atom. The molecule has 0 saturated heterocycles. The van der Waals surface area contributed by atoms with E-state index in [1.54, 1.807) is 0 Å². The van der Waals surface area contributed by atoms with Crippen molar-refractivity contribution in [2.45, 2.75) is 24.7 Å². The van der Waals surface area contributed by atoms with Crippen LogP contribution in [-0.2, 0) is 10.8 Å². The Morgan fingerprint density at radius 3 is 1.69 bits per heavy atom. The summed E-state index contributed by atoms with van der Waals surface area (Å²) >= 11 is 0. The lowest BCUT2D eigenvalue weighted by Crippen LogP contribution is -2.32. The molecule has 0 unspecified atom stereocenters. The van der Waals surface area contributed by atoms with Crippen molar-refractivity contribution >= 4 is 38.9 Å². The lowest BCUT2D eigenvalue weighted by Gasteiger charge is -2.39. The van der Waals surface area contributed by atoms with Crippen molar-refractivity contribution in [3.8, 4) is 50.6 Å². The summed E-state index contributed by atoms with van der Waals surface area (Å²) in [6.45, 7) is 4.72. The summed E-state index contributed by atoms with van der Waals surface area (Å²) in [4.78, 5) is 2.45. The van der Waals surface area contributed by atoms with Gasteiger partial charge in [-0.25, -0.2) is 0 Å². The molecule has 3 aliphatic rings. The van der Waals surface area contributed by atoms with Gasteiger partial charge in [0.15, 0.2) is 0 Å². The predicted molar refractivity (Wildman–Crippen MR) is 276 cm³/mol. The molecule has 0 bridgehead atoms. The summed E-state index contributed by atoms with van der Waals surface area (Å²) in [6.07, 6.45) is 0. The second kappa shape index (κ2) is 14.1. The minimum absolute atomic E-state index is 0.138. The summed E-state index contributed by atoms with van der Waals surface area (Å²) in [5, 5.41) is 2.35. The predicted octanol–water partition coefficient (Wildman–Crippen LogP) is 16.7. The number of anilines is 3. The van der Waals surface area contributed by atoms with Crippen LogP contribution in [0.25, 0.3) is 60.9 Å². The van der Waals surface area contributed by atoms with Crippen LogP contribution >= 0.6 is 0 Å². The van der Waals surface area contributed by atoms with Crippen LogP contribution in [-0.4, -0.2) is 4.57 Å². The number of benzene rings is 10. The smallest absolute Gasteiger partial charge is 0.133 e. The molecular formula is C64H44N2O. The molecule has 11 aromatic rings. The highest BCUT2D eigenvalue weighted by atomic mass is 16.5. The molecule has 14 rings (SSSR count). The van der Waals surface area contributed by atoms with E-state index in [4.69, 9.17) is 4.74 Å². The normalized spacial score (nSPS) is 14.2. The van der Waals surface area contributed by atoms with Crippen molar-refractivity contribution in [2.24, 2.45) is 0 Å². The second-order valence-electron chi connectivity index (χ2n) is 18.8. The average molecular weight is 857 g/mol. The first-order valence-electron chi connectivity index (χ1n) is 23.3. The van der Waals surface area contributed by atoms with Crippen molar-refractivity contribution in [3.05, 3.63) is 264 Å². The van der Waals surface area contributed by atoms with Crippen molar-refractivity contribution in [1.29, 1.82) is 0 Å². The molecular weight excluding hydrogens is 813 g/mol. The number of aromatic nitrogens is 1. The molecule has 0 amide bonds. The highest BCUT2D eigenvalue weighted by Gasteiger charge is 2.51. The molecule has 0 saturated carbocycles. The molecule has 316 valence electrons. The van der Waals surface area contributed by atoms with Crippen LogP contribution in [0.1, 0.15) is 47.2 Å². The average Bonchev–Trinajstić information content (AvgIpc) is 3.95. The van der Waals surface area contributed by atoms with Gasteiger partial charge in [0, 0.05) is 49.9 Å². The van der Waals surface area contributed by atoms with Gasteiger partial charge in [0.25, 0.3) is 0 Å². The first-order chi connectivity index (χ1) is 33.0. The topological polar surface area (TPSA) is 17.4 Å². The zero-order chi connectivity index (χ0) is 44.4. The Labute approximate surface area is 390 Å². The Bertz CT molecular complexity index is 3770. The SMILES string of the molecule is CC1(C)c2ccccc2-c2ccc(N(c3ccc(-n4c5ccccc5c5cc6c(cc54)C4(c5ccccc5O6)c5ccccc5-c5ccccc54)cc3)c3ccccc3-c3ccccc3)cc21. The molecule has 1 aliphatic heterocycles. The number of hydrogen-bond acceptors (Lipinski definition) is 2. The van der Waals surface area contributed by atoms with Gasteiger partial charge in [-0.3, -0.25) is 0 Å². The summed E-state index contributed by atoms with van der Waals surface area (Å²) in [5.74, 6) is 1.79. The molecule has 1 spiro atoms. The van der Waals surface area contributed by atoms with E-state index < -0.39 is 5.41 Å². The third-order valence-electron chi connectivity index (χ3n) is 15.1. The highest BCUT2D eigenvalue weighted by molar-refractivity contribution is 6.11. The number of para-hydroxylation sites is 3. The minimum atomic E-state index is -0.560. The van der Waals surface area contributed by atoms with Crippen molar-refractivity contribution in [3.63, 3.8) is 0 Å². The molecule has 0 atom stereocenters. The maximum atomic E-state index is 6.98. The molecule has 10 aromatic carbocycles. The van der Waals surface area contributed by atoms with Gasteiger partial charge in [0.05, 0.1) is 22.1 Å². The van der Waals surface area contributed by atoms with Crippen LogP contribution < -0.4 is 9.64 Å². The monoisotopic (exact) mass is 856 g/mol. The Morgan fingerprint density at radius 1 is 0.373 bits per heavy atom. The van der Waals surface area contributed by atoms with Crippen molar-refractivity contribution in [2.75, 3.05) is 4.90 Å². The van der Waals surface area contributed by atoms with E-state index in [9.17, 15) is 0 Å². The number of nitrogens with zero attached hydrogens (tertiary/aromatic N) is 2. The fraction of sp³-hybridized carbons (Fsp3) is 0.0625. The summed E-state index contributed by atoms with van der Waals surface area (Å²) in [7, 11) is 0. The second-order valence-corrected chi connectivity index (χ2v) is 18.8. The Balaban J connectivity index is 0.976. The van der Waals surface area contributed by atoms with Crippen LogP contribution in [0, 0.1) is 0 Å². The molecule has 2 aliphatic carbocycles. The molecule has 0 radical (unpaired) electrons. The maximum Gasteiger partial charge on any atom is 0.133 e. The highest BCUT2D eigenvalue weighted by Crippen LogP contribution is 2.63. The van der Waals surface area contributed by atoms with Gasteiger partial charge in [-0.05, 0) is 117 Å². The quantitative estimate of drug-likeness (QED) is 0.172. The van der Waals surface area contributed by atoms with E-state index in [1.165, 1.54) is 66.6 Å². The van der Waals surface area contributed by atoms with Crippen LogP contribution in [0.5, 0.6) is 11.5 Å². The fourth-order valence-electron chi connectivity index (χ4n) is 12.1. The fourth-order valence-corrected chi connectivity index (χ4v) is 12.1. The Hall–Kier alpha value is -8.40. The lowest BCUT2D eigenvalue weighted by molar-refractivity contribution is 0.437. The van der Waals surface area contributed by atoms with E-state index in [-0.39, 0.29) is 5.41 Å². The first kappa shape index (κ1) is 37.9. The molecule has 0 fully saturated rings. The number of ether oxygens (including phenoxy) is 1. The van der Waals surface area contributed by atoms with Gasteiger partial charge in [-0.15, -0.1) is 0 Å². The number of hydrogen-bond donors (Lipinski definition) is 0. The van der Waals surface area contributed by atoms with Crippen LogP contribution in [0.3, 0.4) is 0 Å². The third-order valence-corrected chi connectivity index (χ3v) is 15.1. The summed E-state index contributed by atoms with van der Waals surface area (Å²) in [5.41, 5.74) is 21.2. The van der Waals surface area contributed by atoms with E-state index in [2.05, 4.69) is 254 Å². The van der Waals surface area contributed by atoms with Crippen molar-refractivity contribution in [1.82, 2.24) is 4.57 Å². The van der Waals surface area contributed by atoms with Crippen LogP contribution in [0.2, 0.25) is 0 Å². The minimum Gasteiger partial charge on any atom is -0.457 e. The van der Waals surface area contributed by atoms with E-state index in [0.29, 0.717) is 0 Å². The standard InChI is InChI=1S/C64H44N2O/c1-63(2)52-25-11-6-21-46(52)49-37-36-44(38-56(49)63)65(58-29-15-9-20-45(58)41-18-4-3-5-19-41)42-32-34-43(35-33-42)66-59-30-16-10-24-50(59)51-39-62-57(40-60(51)66)64(55-28-14-17-31-61(55)67-62)53-26-12-7-22-47(53)48-23-8-13-27-54(48)64/h3-40H,1-2H3. The molecule has 3 nitrogen and oxygen atoms in total. The first-order valence-corrected chi connectivity index (χ1v) is 23.3. The van der Waals surface area contributed by atoms with Gasteiger partial charge in [-0.2, -0.15) is 0 Å². The summed E-state index contributed by atoms with van der Waals surface area (Å²) in [6, 6.07) is 84.8. The summed E-state index contributed by atoms with van der Waals surface area (Å²) < 4.78 is 9.43. The maximum absolute atomic E-state index is 6.98. The molecule has 67 heavy (non-hydrogen) atoms. The van der Waals surface area contributed by atoms with E-state index >= 15 is 0 Å². The molecule has 0 N–H and O–H groups in total. The Kier molecular flexibility index (Phi) is 7.95. The van der Waals surface area contributed by atoms with Gasteiger partial charge in [0.2, 0.25) is 0 Å². The number of fused-ring (bicyclic) bond motifs is 15. The lowest BCUT2D eigenvalue weighted by atomic mass is 9.66. The zero-order valence-electron chi connectivity index (χ0n) is 37.2. The third kappa shape index (κ3) is 5.23. The van der Waals surface area contributed by atoms with Gasteiger partial charge in [-0.1, -0.05) is 178 Å². The molecule has 1 aromatic heterocycles. The van der Waals surface area contributed by atoms with E-state index in [0.717, 1.165) is 56.2 Å². The van der Waals surface area contributed by atoms with Crippen LogP contribution in [0.4, 0.5) is 17.1 Å². The zero-order valence-corrected chi connectivity index (χ0v) is 37.2. The van der Waals surface area contributed by atoms with Crippen LogP contribution in [0.15, 0.2) is 231 Å².